The molecule has 0 spiro atoms. The Morgan fingerprint density at radius 1 is 1.41 bits per heavy atom. The average Bonchev–Trinajstić information content (AvgIpc) is 2.74. The van der Waals surface area contributed by atoms with Gasteiger partial charge in [0.05, 0.1) is 5.69 Å². The molecular formula is C13H26N4. The first-order chi connectivity index (χ1) is 8.08. The van der Waals surface area contributed by atoms with Crippen LogP contribution in [0.5, 0.6) is 0 Å². The number of aromatic nitrogens is 2. The van der Waals surface area contributed by atoms with E-state index in [2.05, 4.69) is 44.3 Å². The van der Waals surface area contributed by atoms with E-state index in [0.717, 1.165) is 12.1 Å². The Balaban J connectivity index is 2.60. The minimum atomic E-state index is 0.311. The second-order valence-corrected chi connectivity index (χ2v) is 5.12. The number of rotatable bonds is 7. The molecule has 0 aliphatic carbocycles. The van der Waals surface area contributed by atoms with E-state index < -0.39 is 0 Å². The summed E-state index contributed by atoms with van der Waals surface area (Å²) in [6, 6.07) is 2.81. The summed E-state index contributed by atoms with van der Waals surface area (Å²) in [5, 5.41) is 4.56. The van der Waals surface area contributed by atoms with Crippen LogP contribution in [0.2, 0.25) is 0 Å². The molecule has 4 heteroatoms. The zero-order valence-electron chi connectivity index (χ0n) is 11.5. The molecule has 2 atom stereocenters. The number of hydrogen-bond donors (Lipinski definition) is 2. The number of nitrogens with two attached hydrogens (primary N) is 1. The van der Waals surface area contributed by atoms with Crippen molar-refractivity contribution >= 4 is 0 Å². The number of hydrogen-bond acceptors (Lipinski definition) is 3. The van der Waals surface area contributed by atoms with Crippen LogP contribution in [0.25, 0.3) is 0 Å². The Hall–Kier alpha value is -0.870. The lowest BCUT2D eigenvalue weighted by atomic mass is 9.94. The molecule has 0 bridgehead atoms. The van der Waals surface area contributed by atoms with Crippen molar-refractivity contribution in [2.24, 2.45) is 11.8 Å². The lowest BCUT2D eigenvalue weighted by Gasteiger charge is -2.22. The third-order valence-electron chi connectivity index (χ3n) is 3.27. The van der Waals surface area contributed by atoms with Gasteiger partial charge in [-0.3, -0.25) is 16.0 Å². The van der Waals surface area contributed by atoms with Gasteiger partial charge in [-0.05, 0) is 32.3 Å². The molecule has 17 heavy (non-hydrogen) atoms. The van der Waals surface area contributed by atoms with Gasteiger partial charge < -0.3 is 0 Å². The van der Waals surface area contributed by atoms with Crippen molar-refractivity contribution in [1.82, 2.24) is 15.2 Å². The molecule has 0 saturated heterocycles. The van der Waals surface area contributed by atoms with Gasteiger partial charge >= 0.3 is 0 Å². The first-order valence-electron chi connectivity index (χ1n) is 6.58. The third kappa shape index (κ3) is 4.13. The number of hydrazine groups is 1. The first kappa shape index (κ1) is 14.2. The van der Waals surface area contributed by atoms with Gasteiger partial charge in [-0.25, -0.2) is 0 Å². The van der Waals surface area contributed by atoms with E-state index in [4.69, 9.17) is 5.84 Å². The molecule has 0 radical (unpaired) electrons. The lowest BCUT2D eigenvalue weighted by Crippen LogP contribution is -2.41. The van der Waals surface area contributed by atoms with Crippen LogP contribution >= 0.6 is 0 Å². The molecule has 0 aliphatic heterocycles. The predicted molar refractivity (Wildman–Crippen MR) is 71.5 cm³/mol. The predicted octanol–water partition coefficient (Wildman–Crippen LogP) is 2.27. The summed E-state index contributed by atoms with van der Waals surface area (Å²) >= 11 is 0. The van der Waals surface area contributed by atoms with Crippen LogP contribution in [0.1, 0.15) is 52.3 Å². The molecule has 1 heterocycles. The molecule has 0 fully saturated rings. The maximum Gasteiger partial charge on any atom is 0.0640 e. The molecule has 0 amide bonds. The molecule has 98 valence electrons. The Bertz CT molecular complexity index is 319. The fraction of sp³-hybridized carbons (Fsp3) is 0.769. The Labute approximate surface area is 105 Å². The zero-order valence-corrected chi connectivity index (χ0v) is 11.5. The third-order valence-corrected chi connectivity index (χ3v) is 3.27. The van der Waals surface area contributed by atoms with Gasteiger partial charge in [0.25, 0.3) is 0 Å². The topological polar surface area (TPSA) is 55.9 Å². The van der Waals surface area contributed by atoms with Crippen molar-refractivity contribution in [3.05, 3.63) is 18.0 Å². The van der Waals surface area contributed by atoms with Crippen LogP contribution in [0.15, 0.2) is 12.3 Å². The minimum Gasteiger partial charge on any atom is -0.271 e. The highest BCUT2D eigenvalue weighted by atomic mass is 15.3. The van der Waals surface area contributed by atoms with Crippen molar-refractivity contribution in [2.45, 2.75) is 59.0 Å². The summed E-state index contributed by atoms with van der Waals surface area (Å²) in [6.07, 6.45) is 5.33. The quantitative estimate of drug-likeness (QED) is 0.566. The zero-order chi connectivity index (χ0) is 12.8. The van der Waals surface area contributed by atoms with Gasteiger partial charge in [-0.1, -0.05) is 20.3 Å². The minimum absolute atomic E-state index is 0.311. The molecule has 4 nitrogen and oxygen atoms in total. The molecule has 3 N–H and O–H groups in total. The fourth-order valence-corrected chi connectivity index (χ4v) is 2.08. The van der Waals surface area contributed by atoms with Crippen molar-refractivity contribution in [1.29, 1.82) is 0 Å². The van der Waals surface area contributed by atoms with Crippen LogP contribution in [-0.4, -0.2) is 15.8 Å². The van der Waals surface area contributed by atoms with Gasteiger partial charge in [-0.2, -0.15) is 5.10 Å². The highest BCUT2D eigenvalue weighted by molar-refractivity contribution is 5.02. The molecule has 0 saturated carbocycles. The van der Waals surface area contributed by atoms with Crippen molar-refractivity contribution in [3.63, 3.8) is 0 Å². The summed E-state index contributed by atoms with van der Waals surface area (Å²) in [6.45, 7) is 8.72. The second kappa shape index (κ2) is 6.77. The van der Waals surface area contributed by atoms with E-state index >= 15 is 0 Å². The van der Waals surface area contributed by atoms with Crippen LogP contribution in [0.3, 0.4) is 0 Å². The Morgan fingerprint density at radius 2 is 2.12 bits per heavy atom. The highest BCUT2D eigenvalue weighted by Gasteiger charge is 2.17. The van der Waals surface area contributed by atoms with E-state index in [0.29, 0.717) is 18.0 Å². The second-order valence-electron chi connectivity index (χ2n) is 5.12. The van der Waals surface area contributed by atoms with Gasteiger partial charge in [0.2, 0.25) is 0 Å². The van der Waals surface area contributed by atoms with Gasteiger partial charge in [0.1, 0.15) is 0 Å². The van der Waals surface area contributed by atoms with Gasteiger partial charge in [0, 0.05) is 24.7 Å². The van der Waals surface area contributed by atoms with E-state index in [1.165, 1.54) is 12.8 Å². The smallest absolute Gasteiger partial charge is 0.0640 e. The van der Waals surface area contributed by atoms with Gasteiger partial charge in [-0.15, -0.1) is 0 Å². The van der Waals surface area contributed by atoms with Crippen LogP contribution < -0.4 is 11.3 Å². The molecule has 2 unspecified atom stereocenters. The van der Waals surface area contributed by atoms with E-state index in [9.17, 15) is 0 Å². The SMILES string of the molecule is CCCC(C)C(Cc1ccn(C(C)C)n1)NN. The first-order valence-corrected chi connectivity index (χ1v) is 6.58. The average molecular weight is 238 g/mol. The molecule has 0 aliphatic rings. The monoisotopic (exact) mass is 238 g/mol. The Kier molecular flexibility index (Phi) is 5.65. The summed E-state index contributed by atoms with van der Waals surface area (Å²) < 4.78 is 1.99. The van der Waals surface area contributed by atoms with Crippen molar-refractivity contribution in [2.75, 3.05) is 0 Å². The summed E-state index contributed by atoms with van der Waals surface area (Å²) in [4.78, 5) is 0. The lowest BCUT2D eigenvalue weighted by molar-refractivity contribution is 0.353. The summed E-state index contributed by atoms with van der Waals surface area (Å²) in [5.41, 5.74) is 4.04. The fourth-order valence-electron chi connectivity index (χ4n) is 2.08. The Morgan fingerprint density at radius 3 is 2.59 bits per heavy atom. The standard InChI is InChI=1S/C13H26N4/c1-5-6-11(4)13(15-14)9-12-7-8-17(16-12)10(2)3/h7-8,10-11,13,15H,5-6,9,14H2,1-4H3. The van der Waals surface area contributed by atoms with E-state index in [1.54, 1.807) is 0 Å². The molecule has 1 aromatic heterocycles. The maximum atomic E-state index is 5.63. The largest absolute Gasteiger partial charge is 0.271 e. The molecule has 0 aromatic carbocycles. The highest BCUT2D eigenvalue weighted by Crippen LogP contribution is 2.14. The van der Waals surface area contributed by atoms with E-state index in [-0.39, 0.29) is 0 Å². The molecule has 1 rings (SSSR count). The van der Waals surface area contributed by atoms with Crippen LogP contribution in [-0.2, 0) is 6.42 Å². The van der Waals surface area contributed by atoms with Crippen LogP contribution in [0.4, 0.5) is 0 Å². The molecule has 1 aromatic rings. The number of nitrogens with zero attached hydrogens (tertiary/aromatic N) is 2. The normalized spacial score (nSPS) is 15.2. The van der Waals surface area contributed by atoms with Crippen molar-refractivity contribution < 1.29 is 0 Å². The maximum absolute atomic E-state index is 5.63. The van der Waals surface area contributed by atoms with E-state index in [1.807, 2.05) is 10.9 Å². The van der Waals surface area contributed by atoms with Crippen molar-refractivity contribution in [3.8, 4) is 0 Å². The van der Waals surface area contributed by atoms with Crippen LogP contribution in [0, 0.1) is 5.92 Å². The summed E-state index contributed by atoms with van der Waals surface area (Å²) in [5.74, 6) is 6.21. The molecular weight excluding hydrogens is 212 g/mol. The number of nitrogens with one attached hydrogen (secondary N) is 1. The summed E-state index contributed by atoms with van der Waals surface area (Å²) in [7, 11) is 0. The van der Waals surface area contributed by atoms with Gasteiger partial charge in [0.15, 0.2) is 0 Å².